The van der Waals surface area contributed by atoms with Gasteiger partial charge >= 0.3 is 0 Å². The number of nitrogens with zero attached hydrogens (tertiary/aromatic N) is 5. The van der Waals surface area contributed by atoms with Gasteiger partial charge in [-0.15, -0.1) is 5.10 Å². The predicted molar refractivity (Wildman–Crippen MR) is 109 cm³/mol. The van der Waals surface area contributed by atoms with Crippen molar-refractivity contribution in [2.75, 3.05) is 19.8 Å². The number of nitrogen functional groups attached to an aromatic ring is 1. The third-order valence-electron chi connectivity index (χ3n) is 3.95. The highest BCUT2D eigenvalue weighted by Crippen LogP contribution is 2.20. The van der Waals surface area contributed by atoms with E-state index in [0.29, 0.717) is 22.7 Å². The summed E-state index contributed by atoms with van der Waals surface area (Å²) in [7, 11) is 3.41. The van der Waals surface area contributed by atoms with Gasteiger partial charge in [-0.25, -0.2) is 9.97 Å². The van der Waals surface area contributed by atoms with E-state index in [-0.39, 0.29) is 24.2 Å². The third kappa shape index (κ3) is 4.64. The smallest absolute Gasteiger partial charge is 0.277 e. The standard InChI is InChI=1S/C20H20N6O3/c1-22-25-19(17-5-4-10-28-17)29-12-16-18(21)23-11-15(24-16)13-6-8-14(9-7-13)20(27)26(2)3/h4-11H,1,12H2,2-3H3,(H2,21,23)/b25-19-. The van der Waals surface area contributed by atoms with Crippen molar-refractivity contribution in [2.45, 2.75) is 6.61 Å². The highest BCUT2D eigenvalue weighted by molar-refractivity contribution is 5.94. The molecule has 2 heterocycles. The molecule has 9 nitrogen and oxygen atoms in total. The van der Waals surface area contributed by atoms with Gasteiger partial charge in [0.15, 0.2) is 5.76 Å². The van der Waals surface area contributed by atoms with E-state index in [1.807, 2.05) is 0 Å². The number of nitrogens with two attached hydrogens (primary N) is 1. The second-order valence-corrected chi connectivity index (χ2v) is 6.18. The molecule has 9 heteroatoms. The maximum atomic E-state index is 12.0. The minimum atomic E-state index is -0.0744. The minimum absolute atomic E-state index is 0.0128. The molecule has 0 spiro atoms. The Bertz CT molecular complexity index is 1030. The second kappa shape index (κ2) is 8.79. The average Bonchev–Trinajstić information content (AvgIpc) is 3.26. The molecule has 2 aromatic heterocycles. The predicted octanol–water partition coefficient (Wildman–Crippen LogP) is 2.60. The zero-order valence-electron chi connectivity index (χ0n) is 16.1. The Balaban J connectivity index is 1.80. The van der Waals surface area contributed by atoms with Crippen molar-refractivity contribution in [1.82, 2.24) is 14.9 Å². The van der Waals surface area contributed by atoms with E-state index in [1.165, 1.54) is 11.2 Å². The largest absolute Gasteiger partial charge is 0.467 e. The van der Waals surface area contributed by atoms with Crippen LogP contribution in [0.3, 0.4) is 0 Å². The number of carbonyl (C=O) groups is 1. The lowest BCUT2D eigenvalue weighted by Crippen LogP contribution is -2.21. The van der Waals surface area contributed by atoms with Gasteiger partial charge in [0, 0.05) is 31.9 Å². The van der Waals surface area contributed by atoms with Crippen molar-refractivity contribution in [3.8, 4) is 11.3 Å². The highest BCUT2D eigenvalue weighted by atomic mass is 16.5. The fourth-order valence-corrected chi connectivity index (χ4v) is 2.47. The quantitative estimate of drug-likeness (QED) is 0.391. The number of hydrogen-bond acceptors (Lipinski definition) is 8. The molecule has 148 valence electrons. The van der Waals surface area contributed by atoms with Crippen LogP contribution < -0.4 is 5.73 Å². The Morgan fingerprint density at radius 2 is 2.03 bits per heavy atom. The molecule has 0 aliphatic rings. The molecule has 29 heavy (non-hydrogen) atoms. The van der Waals surface area contributed by atoms with Crippen LogP contribution in [0.15, 0.2) is 63.5 Å². The Hall–Kier alpha value is -4.01. The number of furan rings is 1. The first-order chi connectivity index (χ1) is 14.0. The lowest BCUT2D eigenvalue weighted by molar-refractivity contribution is 0.0827. The van der Waals surface area contributed by atoms with Gasteiger partial charge in [-0.3, -0.25) is 4.79 Å². The van der Waals surface area contributed by atoms with Crippen molar-refractivity contribution in [3.63, 3.8) is 0 Å². The Morgan fingerprint density at radius 3 is 2.66 bits per heavy atom. The van der Waals surface area contributed by atoms with E-state index >= 15 is 0 Å². The summed E-state index contributed by atoms with van der Waals surface area (Å²) >= 11 is 0. The zero-order chi connectivity index (χ0) is 20.8. The lowest BCUT2D eigenvalue weighted by atomic mass is 10.1. The fraction of sp³-hybridized carbons (Fsp3) is 0.150. The Morgan fingerprint density at radius 1 is 1.28 bits per heavy atom. The van der Waals surface area contributed by atoms with Crippen molar-refractivity contribution >= 4 is 24.3 Å². The number of hydrogen-bond donors (Lipinski definition) is 1. The van der Waals surface area contributed by atoms with Gasteiger partial charge in [0.1, 0.15) is 18.1 Å². The average molecular weight is 392 g/mol. The summed E-state index contributed by atoms with van der Waals surface area (Å²) in [4.78, 5) is 22.3. The van der Waals surface area contributed by atoms with E-state index in [9.17, 15) is 4.79 Å². The summed E-state index contributed by atoms with van der Waals surface area (Å²) in [5.74, 6) is 0.720. The van der Waals surface area contributed by atoms with Gasteiger partial charge in [-0.2, -0.15) is 5.10 Å². The van der Waals surface area contributed by atoms with Gasteiger partial charge in [-0.05, 0) is 24.3 Å². The number of anilines is 1. The molecule has 0 saturated carbocycles. The molecule has 0 unspecified atom stereocenters. The molecule has 0 fully saturated rings. The van der Waals surface area contributed by atoms with E-state index < -0.39 is 0 Å². The van der Waals surface area contributed by atoms with Crippen molar-refractivity contribution < 1.29 is 13.9 Å². The Labute approximate surface area is 167 Å². The van der Waals surface area contributed by atoms with E-state index in [4.69, 9.17) is 14.9 Å². The first-order valence-corrected chi connectivity index (χ1v) is 8.63. The zero-order valence-corrected chi connectivity index (χ0v) is 16.1. The van der Waals surface area contributed by atoms with Crippen LogP contribution in [0.4, 0.5) is 5.82 Å². The van der Waals surface area contributed by atoms with Gasteiger partial charge < -0.3 is 19.8 Å². The van der Waals surface area contributed by atoms with E-state index in [2.05, 4.69) is 26.9 Å². The number of aromatic nitrogens is 2. The van der Waals surface area contributed by atoms with Crippen LogP contribution in [0.2, 0.25) is 0 Å². The fourth-order valence-electron chi connectivity index (χ4n) is 2.47. The summed E-state index contributed by atoms with van der Waals surface area (Å²) in [6.45, 7) is 3.34. The molecule has 3 rings (SSSR count). The monoisotopic (exact) mass is 392 g/mol. The van der Waals surface area contributed by atoms with Crippen LogP contribution in [-0.4, -0.2) is 47.5 Å². The summed E-state index contributed by atoms with van der Waals surface area (Å²) in [5.41, 5.74) is 8.35. The van der Waals surface area contributed by atoms with Crippen LogP contribution in [0.1, 0.15) is 21.8 Å². The summed E-state index contributed by atoms with van der Waals surface area (Å²) in [5, 5.41) is 7.30. The molecule has 2 N–H and O–H groups in total. The minimum Gasteiger partial charge on any atom is -0.467 e. The first-order valence-electron chi connectivity index (χ1n) is 8.63. The molecule has 1 amide bonds. The molecule has 0 bridgehead atoms. The maximum absolute atomic E-state index is 12.0. The van der Waals surface area contributed by atoms with Crippen LogP contribution >= 0.6 is 0 Å². The summed E-state index contributed by atoms with van der Waals surface area (Å²) < 4.78 is 10.9. The number of ether oxygens (including phenoxy) is 1. The number of carbonyl (C=O) groups excluding carboxylic acids is 1. The summed E-state index contributed by atoms with van der Waals surface area (Å²) in [6, 6.07) is 10.5. The van der Waals surface area contributed by atoms with Gasteiger partial charge in [-0.1, -0.05) is 12.1 Å². The number of benzene rings is 1. The van der Waals surface area contributed by atoms with Gasteiger partial charge in [0.05, 0.1) is 18.2 Å². The molecular weight excluding hydrogens is 372 g/mol. The Kier molecular flexibility index (Phi) is 5.98. The molecule has 3 aromatic rings. The van der Waals surface area contributed by atoms with Gasteiger partial charge in [0.25, 0.3) is 11.8 Å². The van der Waals surface area contributed by atoms with Crippen molar-refractivity contribution in [1.29, 1.82) is 0 Å². The van der Waals surface area contributed by atoms with Crippen LogP contribution in [0.5, 0.6) is 0 Å². The van der Waals surface area contributed by atoms with Crippen molar-refractivity contribution in [3.05, 3.63) is 65.9 Å². The van der Waals surface area contributed by atoms with E-state index in [0.717, 1.165) is 5.56 Å². The van der Waals surface area contributed by atoms with Crippen LogP contribution in [0.25, 0.3) is 11.3 Å². The topological polar surface area (TPSA) is 119 Å². The van der Waals surface area contributed by atoms with E-state index in [1.54, 1.807) is 56.7 Å². The molecule has 0 radical (unpaired) electrons. The second-order valence-electron chi connectivity index (χ2n) is 6.18. The third-order valence-corrected chi connectivity index (χ3v) is 3.95. The normalized spacial score (nSPS) is 11.2. The summed E-state index contributed by atoms with van der Waals surface area (Å²) in [6.07, 6.45) is 3.06. The maximum Gasteiger partial charge on any atom is 0.277 e. The van der Waals surface area contributed by atoms with Gasteiger partial charge in [0.2, 0.25) is 0 Å². The highest BCUT2D eigenvalue weighted by Gasteiger charge is 2.13. The first kappa shape index (κ1) is 19.7. The van der Waals surface area contributed by atoms with Crippen molar-refractivity contribution in [2.24, 2.45) is 10.2 Å². The molecule has 0 atom stereocenters. The molecule has 0 saturated heterocycles. The molecule has 0 aliphatic carbocycles. The molecular formula is C20H20N6O3. The molecule has 0 aliphatic heterocycles. The molecule has 1 aromatic carbocycles. The lowest BCUT2D eigenvalue weighted by Gasteiger charge is -2.11. The van der Waals surface area contributed by atoms with Crippen LogP contribution in [-0.2, 0) is 11.3 Å². The van der Waals surface area contributed by atoms with Crippen LogP contribution in [0, 0.1) is 0 Å². The SMILES string of the molecule is C=N/N=C(\OCc1nc(-c2ccc(C(=O)N(C)C)cc2)cnc1N)c1ccco1. The number of rotatable bonds is 6. The number of amides is 1.